The number of hydrogen-bond acceptors (Lipinski definition) is 3. The Morgan fingerprint density at radius 1 is 1.24 bits per heavy atom. The lowest BCUT2D eigenvalue weighted by atomic mass is 10.2. The molecule has 0 fully saturated rings. The van der Waals surface area contributed by atoms with Crippen LogP contribution in [0.3, 0.4) is 0 Å². The van der Waals surface area contributed by atoms with Gasteiger partial charge >= 0.3 is 0 Å². The van der Waals surface area contributed by atoms with Gasteiger partial charge in [0, 0.05) is 18.3 Å². The second-order valence-corrected chi connectivity index (χ2v) is 5.04. The maximum absolute atomic E-state index is 12.5. The fraction of sp³-hybridized carbons (Fsp3) is 0.533. The number of carbonyl (C=O) groups is 1. The van der Waals surface area contributed by atoms with E-state index in [1.54, 1.807) is 17.0 Å². The van der Waals surface area contributed by atoms with Gasteiger partial charge in [0.25, 0.3) is 6.43 Å². The van der Waals surface area contributed by atoms with Gasteiger partial charge in [0.2, 0.25) is 5.91 Å². The van der Waals surface area contributed by atoms with Crippen molar-refractivity contribution >= 4 is 11.6 Å². The second-order valence-electron chi connectivity index (χ2n) is 5.04. The summed E-state index contributed by atoms with van der Waals surface area (Å²) in [5, 5.41) is 8.92. The SMILES string of the molecule is CC(C)N(C(=O)CN(CCO)CC(F)F)c1ccccc1. The zero-order chi connectivity index (χ0) is 15.8. The first-order chi connectivity index (χ1) is 9.95. The van der Waals surface area contributed by atoms with Gasteiger partial charge in [-0.15, -0.1) is 0 Å². The lowest BCUT2D eigenvalue weighted by Crippen LogP contribution is -2.45. The van der Waals surface area contributed by atoms with Gasteiger partial charge < -0.3 is 10.0 Å². The Kier molecular flexibility index (Phi) is 7.25. The number of halogens is 2. The van der Waals surface area contributed by atoms with E-state index in [0.29, 0.717) is 0 Å². The Morgan fingerprint density at radius 3 is 2.33 bits per heavy atom. The normalized spacial score (nSPS) is 11.4. The van der Waals surface area contributed by atoms with Crippen molar-refractivity contribution in [3.8, 4) is 0 Å². The minimum absolute atomic E-state index is 0.0524. The van der Waals surface area contributed by atoms with Gasteiger partial charge in [-0.25, -0.2) is 8.78 Å². The molecule has 0 radical (unpaired) electrons. The molecule has 1 aromatic rings. The van der Waals surface area contributed by atoms with Crippen LogP contribution >= 0.6 is 0 Å². The molecule has 118 valence electrons. The summed E-state index contributed by atoms with van der Waals surface area (Å²) in [5.74, 6) is -0.259. The molecule has 0 saturated heterocycles. The minimum Gasteiger partial charge on any atom is -0.395 e. The Hall–Kier alpha value is -1.53. The topological polar surface area (TPSA) is 43.8 Å². The summed E-state index contributed by atoms with van der Waals surface area (Å²) >= 11 is 0. The zero-order valence-electron chi connectivity index (χ0n) is 12.4. The van der Waals surface area contributed by atoms with E-state index in [1.807, 2.05) is 32.0 Å². The molecule has 1 amide bonds. The molecule has 0 aliphatic rings. The predicted octanol–water partition coefficient (Wildman–Crippen LogP) is 1.99. The summed E-state index contributed by atoms with van der Waals surface area (Å²) in [4.78, 5) is 15.3. The minimum atomic E-state index is -2.53. The molecule has 0 spiro atoms. The third-order valence-corrected chi connectivity index (χ3v) is 2.99. The molecule has 21 heavy (non-hydrogen) atoms. The number of para-hydroxylation sites is 1. The highest BCUT2D eigenvalue weighted by Gasteiger charge is 2.22. The first-order valence-electron chi connectivity index (χ1n) is 6.94. The van der Waals surface area contributed by atoms with Crippen molar-refractivity contribution in [2.45, 2.75) is 26.3 Å². The van der Waals surface area contributed by atoms with Crippen molar-refractivity contribution in [3.63, 3.8) is 0 Å². The smallest absolute Gasteiger partial charge is 0.251 e. The third-order valence-electron chi connectivity index (χ3n) is 2.99. The molecule has 0 heterocycles. The van der Waals surface area contributed by atoms with Gasteiger partial charge in [-0.05, 0) is 26.0 Å². The molecule has 1 rings (SSSR count). The van der Waals surface area contributed by atoms with Gasteiger partial charge in [0.15, 0.2) is 0 Å². The van der Waals surface area contributed by atoms with Gasteiger partial charge in [0.1, 0.15) is 0 Å². The van der Waals surface area contributed by atoms with Crippen LogP contribution in [0.4, 0.5) is 14.5 Å². The molecular formula is C15H22F2N2O2. The van der Waals surface area contributed by atoms with Gasteiger partial charge in [-0.3, -0.25) is 9.69 Å². The van der Waals surface area contributed by atoms with Crippen molar-refractivity contribution in [2.75, 3.05) is 31.1 Å². The molecule has 1 N–H and O–H groups in total. The van der Waals surface area contributed by atoms with Crippen LogP contribution in [0.5, 0.6) is 0 Å². The highest BCUT2D eigenvalue weighted by Crippen LogP contribution is 2.17. The summed E-state index contributed by atoms with van der Waals surface area (Å²) < 4.78 is 25.0. The van der Waals surface area contributed by atoms with Crippen molar-refractivity contribution in [1.29, 1.82) is 0 Å². The number of benzene rings is 1. The molecule has 0 unspecified atom stereocenters. The van der Waals surface area contributed by atoms with Crippen molar-refractivity contribution < 1.29 is 18.7 Å². The van der Waals surface area contributed by atoms with Crippen molar-refractivity contribution in [3.05, 3.63) is 30.3 Å². The number of anilines is 1. The van der Waals surface area contributed by atoms with E-state index in [4.69, 9.17) is 5.11 Å². The first kappa shape index (κ1) is 17.5. The van der Waals surface area contributed by atoms with Crippen LogP contribution in [0.15, 0.2) is 30.3 Å². The molecule has 0 bridgehead atoms. The van der Waals surface area contributed by atoms with E-state index in [-0.39, 0.29) is 31.6 Å². The predicted molar refractivity (Wildman–Crippen MR) is 78.6 cm³/mol. The number of carbonyl (C=O) groups excluding carboxylic acids is 1. The first-order valence-corrected chi connectivity index (χ1v) is 6.94. The quantitative estimate of drug-likeness (QED) is 0.798. The molecule has 0 saturated carbocycles. The van der Waals surface area contributed by atoms with Gasteiger partial charge in [0.05, 0.1) is 19.7 Å². The number of aliphatic hydroxyl groups is 1. The summed E-state index contributed by atoms with van der Waals surface area (Å²) in [5.41, 5.74) is 0.735. The third kappa shape index (κ3) is 5.77. The summed E-state index contributed by atoms with van der Waals surface area (Å²) in [6, 6.07) is 9.03. The number of rotatable bonds is 8. The maximum Gasteiger partial charge on any atom is 0.251 e. The van der Waals surface area contributed by atoms with Crippen molar-refractivity contribution in [1.82, 2.24) is 4.90 Å². The average Bonchev–Trinajstić information content (AvgIpc) is 2.39. The summed E-state index contributed by atoms with van der Waals surface area (Å²) in [6.07, 6.45) is -2.53. The maximum atomic E-state index is 12.5. The van der Waals surface area contributed by atoms with E-state index < -0.39 is 13.0 Å². The summed E-state index contributed by atoms with van der Waals surface area (Å²) in [7, 11) is 0. The fourth-order valence-electron chi connectivity index (χ4n) is 2.16. The van der Waals surface area contributed by atoms with E-state index in [0.717, 1.165) is 5.69 Å². The summed E-state index contributed by atoms with van der Waals surface area (Å²) in [6.45, 7) is 2.87. The van der Waals surface area contributed by atoms with Crippen LogP contribution in [0, 0.1) is 0 Å². The molecule has 0 aliphatic heterocycles. The number of aliphatic hydroxyl groups excluding tert-OH is 1. The molecule has 1 aromatic carbocycles. The van der Waals surface area contributed by atoms with Crippen LogP contribution in [0.2, 0.25) is 0 Å². The van der Waals surface area contributed by atoms with Crippen LogP contribution in [-0.2, 0) is 4.79 Å². The highest BCUT2D eigenvalue weighted by atomic mass is 19.3. The van der Waals surface area contributed by atoms with Crippen LogP contribution in [0.25, 0.3) is 0 Å². The molecule has 4 nitrogen and oxygen atoms in total. The van der Waals surface area contributed by atoms with Crippen LogP contribution < -0.4 is 4.90 Å². The monoisotopic (exact) mass is 300 g/mol. The van der Waals surface area contributed by atoms with E-state index in [2.05, 4.69) is 0 Å². The Labute approximate surface area is 124 Å². The number of amides is 1. The van der Waals surface area contributed by atoms with Crippen LogP contribution in [0.1, 0.15) is 13.8 Å². The molecular weight excluding hydrogens is 278 g/mol. The van der Waals surface area contributed by atoms with E-state index in [1.165, 1.54) is 4.90 Å². The Morgan fingerprint density at radius 2 is 1.86 bits per heavy atom. The number of hydrogen-bond donors (Lipinski definition) is 1. The molecule has 6 heteroatoms. The molecule has 0 aromatic heterocycles. The zero-order valence-corrected chi connectivity index (χ0v) is 12.4. The van der Waals surface area contributed by atoms with Gasteiger partial charge in [-0.2, -0.15) is 0 Å². The van der Waals surface area contributed by atoms with E-state index in [9.17, 15) is 13.6 Å². The molecule has 0 aliphatic carbocycles. The fourth-order valence-corrected chi connectivity index (χ4v) is 2.16. The number of nitrogens with zero attached hydrogens (tertiary/aromatic N) is 2. The largest absolute Gasteiger partial charge is 0.395 e. The lowest BCUT2D eigenvalue weighted by molar-refractivity contribution is -0.120. The molecule has 0 atom stereocenters. The number of alkyl halides is 2. The standard InChI is InChI=1S/C15H22F2N2O2/c1-12(2)19(13-6-4-3-5-7-13)15(21)11-18(8-9-20)10-14(16)17/h3-7,12,14,20H,8-11H2,1-2H3. The van der Waals surface area contributed by atoms with Crippen LogP contribution in [-0.4, -0.2) is 54.6 Å². The van der Waals surface area contributed by atoms with E-state index >= 15 is 0 Å². The van der Waals surface area contributed by atoms with Gasteiger partial charge in [-0.1, -0.05) is 18.2 Å². The highest BCUT2D eigenvalue weighted by molar-refractivity contribution is 5.95. The lowest BCUT2D eigenvalue weighted by Gasteiger charge is -2.30. The van der Waals surface area contributed by atoms with Crippen molar-refractivity contribution in [2.24, 2.45) is 0 Å². The Bertz CT molecular complexity index is 427. The Balaban J connectivity index is 2.81. The second kappa shape index (κ2) is 8.69. The average molecular weight is 300 g/mol.